The molecular formula is C14H19N3O4. The summed E-state index contributed by atoms with van der Waals surface area (Å²) in [5, 5.41) is 13.5. The second-order valence-corrected chi connectivity index (χ2v) is 4.64. The highest BCUT2D eigenvalue weighted by atomic mass is 16.4. The van der Waals surface area contributed by atoms with Crippen LogP contribution in [0.5, 0.6) is 0 Å². The molecule has 0 aliphatic heterocycles. The number of nitrogens with one attached hydrogen (secondary N) is 2. The van der Waals surface area contributed by atoms with Crippen LogP contribution in [0.25, 0.3) is 0 Å². The van der Waals surface area contributed by atoms with Gasteiger partial charge in [0, 0.05) is 6.54 Å². The van der Waals surface area contributed by atoms with E-state index in [0.29, 0.717) is 6.54 Å². The van der Waals surface area contributed by atoms with Crippen LogP contribution in [0.1, 0.15) is 18.9 Å². The highest BCUT2D eigenvalue weighted by Gasteiger charge is 2.21. The summed E-state index contributed by atoms with van der Waals surface area (Å²) in [7, 11) is 0. The van der Waals surface area contributed by atoms with Gasteiger partial charge in [-0.3, -0.25) is 14.4 Å². The minimum Gasteiger partial charge on any atom is -0.480 e. The van der Waals surface area contributed by atoms with E-state index >= 15 is 0 Å². The highest BCUT2D eigenvalue weighted by molar-refractivity contribution is 5.90. The first-order valence-corrected chi connectivity index (χ1v) is 6.49. The summed E-state index contributed by atoms with van der Waals surface area (Å²) in [6, 6.07) is 7.18. The number of hydrogen-bond donors (Lipinski definition) is 4. The van der Waals surface area contributed by atoms with E-state index < -0.39 is 24.0 Å². The maximum absolute atomic E-state index is 11.7. The van der Waals surface area contributed by atoms with Crippen molar-refractivity contribution in [3.8, 4) is 0 Å². The summed E-state index contributed by atoms with van der Waals surface area (Å²) in [4.78, 5) is 33.9. The molecule has 2 atom stereocenters. The first kappa shape index (κ1) is 16.6. The van der Waals surface area contributed by atoms with Crippen LogP contribution < -0.4 is 16.4 Å². The van der Waals surface area contributed by atoms with Crippen molar-refractivity contribution in [2.75, 3.05) is 0 Å². The molecule has 21 heavy (non-hydrogen) atoms. The molecule has 0 bridgehead atoms. The van der Waals surface area contributed by atoms with E-state index in [9.17, 15) is 14.4 Å². The molecular weight excluding hydrogens is 274 g/mol. The van der Waals surface area contributed by atoms with Gasteiger partial charge in [-0.25, -0.2) is 0 Å². The zero-order valence-electron chi connectivity index (χ0n) is 11.7. The Labute approximate surface area is 122 Å². The highest BCUT2D eigenvalue weighted by Crippen LogP contribution is 1.98. The summed E-state index contributed by atoms with van der Waals surface area (Å²) in [5.74, 6) is -2.20. The number of benzene rings is 1. The molecule has 1 rings (SSSR count). The van der Waals surface area contributed by atoms with Crippen molar-refractivity contribution in [3.63, 3.8) is 0 Å². The average molecular weight is 293 g/mol. The van der Waals surface area contributed by atoms with Crippen LogP contribution in [-0.2, 0) is 20.9 Å². The van der Waals surface area contributed by atoms with Crippen molar-refractivity contribution in [1.82, 2.24) is 10.6 Å². The number of nitrogens with two attached hydrogens (primary N) is 1. The van der Waals surface area contributed by atoms with Crippen LogP contribution in [0.3, 0.4) is 0 Å². The molecule has 0 aromatic heterocycles. The van der Waals surface area contributed by atoms with Crippen molar-refractivity contribution in [1.29, 1.82) is 0 Å². The molecule has 0 aliphatic carbocycles. The van der Waals surface area contributed by atoms with Crippen LogP contribution >= 0.6 is 0 Å². The molecule has 0 aliphatic rings. The summed E-state index contributed by atoms with van der Waals surface area (Å²) in [6.45, 7) is 1.67. The minimum atomic E-state index is -1.16. The summed E-state index contributed by atoms with van der Waals surface area (Å²) < 4.78 is 0. The SMILES string of the molecule is CC(NC(=O)C(N)CC(=O)NCc1ccccc1)C(=O)O. The summed E-state index contributed by atoms with van der Waals surface area (Å²) in [5.41, 5.74) is 6.50. The van der Waals surface area contributed by atoms with Gasteiger partial charge < -0.3 is 21.5 Å². The van der Waals surface area contributed by atoms with E-state index in [1.54, 1.807) is 0 Å². The number of hydrogen-bond acceptors (Lipinski definition) is 4. The lowest BCUT2D eigenvalue weighted by Gasteiger charge is -2.14. The van der Waals surface area contributed by atoms with Crippen LogP contribution in [0.15, 0.2) is 30.3 Å². The number of amides is 2. The van der Waals surface area contributed by atoms with E-state index in [1.807, 2.05) is 30.3 Å². The number of carbonyl (C=O) groups is 3. The van der Waals surface area contributed by atoms with Gasteiger partial charge >= 0.3 is 5.97 Å². The molecule has 5 N–H and O–H groups in total. The predicted octanol–water partition coefficient (Wildman–Crippen LogP) is -0.390. The molecule has 0 spiro atoms. The molecule has 2 unspecified atom stereocenters. The number of carboxylic acid groups (broad SMARTS) is 1. The van der Waals surface area contributed by atoms with Gasteiger partial charge in [0.05, 0.1) is 12.5 Å². The first-order chi connectivity index (χ1) is 9.90. The van der Waals surface area contributed by atoms with Gasteiger partial charge in [0.15, 0.2) is 0 Å². The van der Waals surface area contributed by atoms with E-state index in [2.05, 4.69) is 10.6 Å². The Morgan fingerprint density at radius 2 is 1.86 bits per heavy atom. The lowest BCUT2D eigenvalue weighted by atomic mass is 10.1. The third kappa shape index (κ3) is 6.05. The Bertz CT molecular complexity index is 504. The van der Waals surface area contributed by atoms with Gasteiger partial charge in [-0.05, 0) is 12.5 Å². The first-order valence-electron chi connectivity index (χ1n) is 6.49. The van der Waals surface area contributed by atoms with Crippen molar-refractivity contribution in [2.45, 2.75) is 32.0 Å². The van der Waals surface area contributed by atoms with Gasteiger partial charge in [0.1, 0.15) is 6.04 Å². The number of carbonyl (C=O) groups excluding carboxylic acids is 2. The lowest BCUT2D eigenvalue weighted by Crippen LogP contribution is -2.48. The van der Waals surface area contributed by atoms with E-state index in [0.717, 1.165) is 5.56 Å². The molecule has 0 heterocycles. The Morgan fingerprint density at radius 3 is 2.43 bits per heavy atom. The zero-order valence-corrected chi connectivity index (χ0v) is 11.7. The maximum Gasteiger partial charge on any atom is 0.325 e. The molecule has 1 aromatic rings. The number of carboxylic acids is 1. The molecule has 2 amide bonds. The summed E-state index contributed by atoms with van der Waals surface area (Å²) >= 11 is 0. The lowest BCUT2D eigenvalue weighted by molar-refractivity contribution is -0.141. The molecule has 1 aromatic carbocycles. The van der Waals surface area contributed by atoms with E-state index in [-0.39, 0.29) is 12.3 Å². The molecule has 0 saturated heterocycles. The Balaban J connectivity index is 2.36. The van der Waals surface area contributed by atoms with E-state index in [4.69, 9.17) is 10.8 Å². The number of aliphatic carboxylic acids is 1. The quantitative estimate of drug-likeness (QED) is 0.545. The monoisotopic (exact) mass is 293 g/mol. The van der Waals surface area contributed by atoms with Gasteiger partial charge in [-0.1, -0.05) is 30.3 Å². The van der Waals surface area contributed by atoms with Gasteiger partial charge in [-0.15, -0.1) is 0 Å². The fourth-order valence-electron chi connectivity index (χ4n) is 1.54. The van der Waals surface area contributed by atoms with Gasteiger partial charge in [-0.2, -0.15) is 0 Å². The molecule has 0 radical (unpaired) electrons. The van der Waals surface area contributed by atoms with Crippen molar-refractivity contribution in [2.24, 2.45) is 5.73 Å². The molecule has 7 heteroatoms. The molecule has 0 saturated carbocycles. The van der Waals surface area contributed by atoms with Crippen molar-refractivity contribution < 1.29 is 19.5 Å². The minimum absolute atomic E-state index is 0.203. The smallest absolute Gasteiger partial charge is 0.325 e. The van der Waals surface area contributed by atoms with Crippen molar-refractivity contribution >= 4 is 17.8 Å². The van der Waals surface area contributed by atoms with Crippen LogP contribution in [-0.4, -0.2) is 35.0 Å². The van der Waals surface area contributed by atoms with E-state index in [1.165, 1.54) is 6.92 Å². The Kier molecular flexibility index (Phi) is 6.35. The second kappa shape index (κ2) is 8.01. The van der Waals surface area contributed by atoms with Gasteiger partial charge in [0.25, 0.3) is 0 Å². The third-order valence-electron chi connectivity index (χ3n) is 2.80. The van der Waals surface area contributed by atoms with Crippen LogP contribution in [0, 0.1) is 0 Å². The topological polar surface area (TPSA) is 122 Å². The summed E-state index contributed by atoms with van der Waals surface area (Å²) in [6.07, 6.45) is -0.203. The molecule has 0 fully saturated rings. The number of rotatable bonds is 7. The fraction of sp³-hybridized carbons (Fsp3) is 0.357. The molecule has 7 nitrogen and oxygen atoms in total. The normalized spacial score (nSPS) is 13.0. The van der Waals surface area contributed by atoms with Crippen LogP contribution in [0.4, 0.5) is 0 Å². The third-order valence-corrected chi connectivity index (χ3v) is 2.80. The largest absolute Gasteiger partial charge is 0.480 e. The maximum atomic E-state index is 11.7. The Hall–Kier alpha value is -2.41. The average Bonchev–Trinajstić information content (AvgIpc) is 2.45. The zero-order chi connectivity index (χ0) is 15.8. The fourth-order valence-corrected chi connectivity index (χ4v) is 1.54. The van der Waals surface area contributed by atoms with Crippen LogP contribution in [0.2, 0.25) is 0 Å². The molecule has 114 valence electrons. The second-order valence-electron chi connectivity index (χ2n) is 4.64. The van der Waals surface area contributed by atoms with Gasteiger partial charge in [0.2, 0.25) is 11.8 Å². The Morgan fingerprint density at radius 1 is 1.24 bits per heavy atom. The van der Waals surface area contributed by atoms with Crippen molar-refractivity contribution in [3.05, 3.63) is 35.9 Å². The standard InChI is InChI=1S/C14H19N3O4/c1-9(14(20)21)17-13(19)11(15)7-12(18)16-8-10-5-3-2-4-6-10/h2-6,9,11H,7-8,15H2,1H3,(H,16,18)(H,17,19)(H,20,21). The predicted molar refractivity (Wildman–Crippen MR) is 76.1 cm³/mol.